The van der Waals surface area contributed by atoms with E-state index in [1.807, 2.05) is 7.05 Å². The lowest BCUT2D eigenvalue weighted by Crippen LogP contribution is -2.20. The zero-order valence-electron chi connectivity index (χ0n) is 12.7. The van der Waals surface area contributed by atoms with Gasteiger partial charge in [-0.15, -0.1) is 0 Å². The molecule has 0 saturated heterocycles. The lowest BCUT2D eigenvalue weighted by atomic mass is 10.0. The average Bonchev–Trinajstić information content (AvgIpc) is 2.90. The molecule has 2 rings (SSSR count). The second kappa shape index (κ2) is 7.61. The van der Waals surface area contributed by atoms with E-state index in [1.54, 1.807) is 0 Å². The number of hydrogen-bond acceptors (Lipinski definition) is 2. The first-order chi connectivity index (χ1) is 10.1. The van der Waals surface area contributed by atoms with Crippen LogP contribution in [0, 0.1) is 3.57 Å². The number of halogens is 2. The maximum absolute atomic E-state index is 6.25. The summed E-state index contributed by atoms with van der Waals surface area (Å²) in [6.07, 6.45) is 1.88. The van der Waals surface area contributed by atoms with Crippen LogP contribution >= 0.6 is 34.2 Å². The molecule has 5 heteroatoms. The summed E-state index contributed by atoms with van der Waals surface area (Å²) in [5.41, 5.74) is 3.63. The Balaban J connectivity index is 2.26. The molecule has 0 saturated carbocycles. The van der Waals surface area contributed by atoms with Crippen LogP contribution in [0.15, 0.2) is 24.3 Å². The molecule has 1 heterocycles. The van der Waals surface area contributed by atoms with Crippen molar-refractivity contribution in [1.82, 2.24) is 15.1 Å². The largest absolute Gasteiger partial charge is 0.313 e. The van der Waals surface area contributed by atoms with E-state index in [4.69, 9.17) is 11.6 Å². The number of nitrogens with zero attached hydrogens (tertiary/aromatic N) is 2. The van der Waals surface area contributed by atoms with E-state index >= 15 is 0 Å². The van der Waals surface area contributed by atoms with Gasteiger partial charge in [-0.25, -0.2) is 0 Å². The maximum atomic E-state index is 6.25. The monoisotopic (exact) mass is 417 g/mol. The number of nitrogens with one attached hydrogen (secondary N) is 1. The molecular weight excluding hydrogens is 397 g/mol. The fraction of sp³-hybridized carbons (Fsp3) is 0.438. The van der Waals surface area contributed by atoms with Crippen LogP contribution in [0.3, 0.4) is 0 Å². The first-order valence-corrected chi connectivity index (χ1v) is 8.72. The van der Waals surface area contributed by atoms with Crippen molar-refractivity contribution in [1.29, 1.82) is 0 Å². The summed E-state index contributed by atoms with van der Waals surface area (Å²) in [6.45, 7) is 5.17. The Hall–Kier alpha value is -0.590. The third kappa shape index (κ3) is 3.99. The zero-order valence-corrected chi connectivity index (χ0v) is 15.6. The van der Waals surface area contributed by atoms with Gasteiger partial charge in [0.1, 0.15) is 0 Å². The quantitative estimate of drug-likeness (QED) is 0.713. The first kappa shape index (κ1) is 16.8. The smallest absolute Gasteiger partial charge is 0.0624 e. The normalized spacial score (nSPS) is 12.6. The van der Waals surface area contributed by atoms with Gasteiger partial charge in [-0.2, -0.15) is 5.10 Å². The van der Waals surface area contributed by atoms with E-state index in [-0.39, 0.29) is 6.04 Å². The summed E-state index contributed by atoms with van der Waals surface area (Å²) in [7, 11) is 1.99. The molecule has 0 amide bonds. The molecule has 3 nitrogen and oxygen atoms in total. The number of benzene rings is 1. The van der Waals surface area contributed by atoms with Crippen LogP contribution < -0.4 is 5.32 Å². The molecule has 0 aliphatic carbocycles. The van der Waals surface area contributed by atoms with Gasteiger partial charge in [0.25, 0.3) is 0 Å². The molecule has 0 spiro atoms. The van der Waals surface area contributed by atoms with Crippen LogP contribution in [-0.2, 0) is 19.4 Å². The molecule has 0 bridgehead atoms. The van der Waals surface area contributed by atoms with Crippen molar-refractivity contribution in [2.45, 2.75) is 39.3 Å². The lowest BCUT2D eigenvalue weighted by molar-refractivity contribution is 0.540. The van der Waals surface area contributed by atoms with E-state index in [2.05, 4.69) is 75.8 Å². The van der Waals surface area contributed by atoms with Gasteiger partial charge in [-0.05, 0) is 66.7 Å². The van der Waals surface area contributed by atoms with Crippen molar-refractivity contribution >= 4 is 34.2 Å². The van der Waals surface area contributed by atoms with Crippen molar-refractivity contribution < 1.29 is 0 Å². The van der Waals surface area contributed by atoms with Gasteiger partial charge in [0.05, 0.1) is 10.7 Å². The fourth-order valence-electron chi connectivity index (χ4n) is 2.45. The molecule has 0 fully saturated rings. The summed E-state index contributed by atoms with van der Waals surface area (Å²) in [5.74, 6) is 0. The highest BCUT2D eigenvalue weighted by Crippen LogP contribution is 2.25. The topological polar surface area (TPSA) is 29.9 Å². The van der Waals surface area contributed by atoms with Crippen LogP contribution in [0.5, 0.6) is 0 Å². The summed E-state index contributed by atoms with van der Waals surface area (Å²) in [6, 6.07) is 8.71. The Morgan fingerprint density at radius 3 is 2.67 bits per heavy atom. The van der Waals surface area contributed by atoms with E-state index in [0.29, 0.717) is 0 Å². The van der Waals surface area contributed by atoms with Gasteiger partial charge in [-0.3, -0.25) is 4.68 Å². The van der Waals surface area contributed by atoms with Gasteiger partial charge in [-0.1, -0.05) is 24.6 Å². The molecule has 21 heavy (non-hydrogen) atoms. The highest BCUT2D eigenvalue weighted by atomic mass is 127. The third-order valence-corrected chi connectivity index (χ3v) is 5.26. The van der Waals surface area contributed by atoms with Crippen molar-refractivity contribution in [2.75, 3.05) is 7.05 Å². The molecule has 114 valence electrons. The van der Waals surface area contributed by atoms with Gasteiger partial charge in [0.15, 0.2) is 0 Å². The van der Waals surface area contributed by atoms with Gasteiger partial charge in [0.2, 0.25) is 0 Å². The Labute approximate surface area is 145 Å². The fourth-order valence-corrected chi connectivity index (χ4v) is 2.98. The van der Waals surface area contributed by atoms with Crippen molar-refractivity contribution in [3.05, 3.63) is 49.8 Å². The SMILES string of the molecule is CCc1cc(CC(NC)c2ccc(I)c(Cl)c2)n(CC)n1. The van der Waals surface area contributed by atoms with E-state index in [0.717, 1.165) is 33.7 Å². The minimum atomic E-state index is 0.242. The molecule has 1 N–H and O–H groups in total. The molecule has 2 aromatic rings. The highest BCUT2D eigenvalue weighted by Gasteiger charge is 2.15. The highest BCUT2D eigenvalue weighted by molar-refractivity contribution is 14.1. The van der Waals surface area contributed by atoms with Crippen LogP contribution in [0.4, 0.5) is 0 Å². The standard InChI is InChI=1S/C16H21ClIN3/c1-4-12-9-13(21(5-2)20-12)10-16(19-3)11-6-7-15(18)14(17)8-11/h6-9,16,19H,4-5,10H2,1-3H3. The molecule has 0 aliphatic heterocycles. The Morgan fingerprint density at radius 2 is 2.10 bits per heavy atom. The Kier molecular flexibility index (Phi) is 6.08. The molecule has 1 unspecified atom stereocenters. The lowest BCUT2D eigenvalue weighted by Gasteiger charge is -2.18. The minimum absolute atomic E-state index is 0.242. The molecule has 1 aromatic heterocycles. The second-order valence-corrected chi connectivity index (χ2v) is 6.58. The number of hydrogen-bond donors (Lipinski definition) is 1. The van der Waals surface area contributed by atoms with Gasteiger partial charge in [0, 0.05) is 28.3 Å². The van der Waals surface area contributed by atoms with Gasteiger partial charge < -0.3 is 5.32 Å². The molecule has 0 aliphatic rings. The number of aromatic nitrogens is 2. The summed E-state index contributed by atoms with van der Waals surface area (Å²) in [5, 5.41) is 8.82. The molecule has 1 atom stereocenters. The third-order valence-electron chi connectivity index (χ3n) is 3.68. The van der Waals surface area contributed by atoms with Crippen molar-refractivity contribution in [2.24, 2.45) is 0 Å². The molecule has 0 radical (unpaired) electrons. The van der Waals surface area contributed by atoms with E-state index < -0.39 is 0 Å². The minimum Gasteiger partial charge on any atom is -0.313 e. The maximum Gasteiger partial charge on any atom is 0.0624 e. The molecular formula is C16H21ClIN3. The van der Waals surface area contributed by atoms with Crippen LogP contribution in [0.25, 0.3) is 0 Å². The Morgan fingerprint density at radius 1 is 1.33 bits per heavy atom. The van der Waals surface area contributed by atoms with Crippen LogP contribution in [-0.4, -0.2) is 16.8 Å². The second-order valence-electron chi connectivity index (χ2n) is 5.02. The van der Waals surface area contributed by atoms with Crippen LogP contribution in [0.1, 0.15) is 36.8 Å². The number of aryl methyl sites for hydroxylation is 2. The van der Waals surface area contributed by atoms with Gasteiger partial charge >= 0.3 is 0 Å². The predicted octanol–water partition coefficient (Wildman–Crippen LogP) is 4.23. The summed E-state index contributed by atoms with van der Waals surface area (Å²) in [4.78, 5) is 0. The van der Waals surface area contributed by atoms with Crippen LogP contribution in [0.2, 0.25) is 5.02 Å². The number of likely N-dealkylation sites (N-methyl/N-ethyl adjacent to an activating group) is 1. The van der Waals surface area contributed by atoms with Crippen molar-refractivity contribution in [3.8, 4) is 0 Å². The zero-order chi connectivity index (χ0) is 15.4. The van der Waals surface area contributed by atoms with E-state index in [1.165, 1.54) is 11.3 Å². The predicted molar refractivity (Wildman–Crippen MR) is 97.0 cm³/mol. The average molecular weight is 418 g/mol. The Bertz CT molecular complexity index is 610. The molecule has 1 aromatic carbocycles. The number of rotatable bonds is 6. The first-order valence-electron chi connectivity index (χ1n) is 7.26. The summed E-state index contributed by atoms with van der Waals surface area (Å²) >= 11 is 8.50. The van der Waals surface area contributed by atoms with Crippen molar-refractivity contribution in [3.63, 3.8) is 0 Å². The summed E-state index contributed by atoms with van der Waals surface area (Å²) < 4.78 is 3.18. The van der Waals surface area contributed by atoms with E-state index in [9.17, 15) is 0 Å².